The largest absolute Gasteiger partial charge is 0.372 e. The van der Waals surface area contributed by atoms with Crippen molar-refractivity contribution in [2.24, 2.45) is 7.05 Å². The van der Waals surface area contributed by atoms with Crippen LogP contribution < -0.4 is 10.6 Å². The van der Waals surface area contributed by atoms with Crippen molar-refractivity contribution in [1.82, 2.24) is 20.1 Å². The predicted octanol–water partition coefficient (Wildman–Crippen LogP) is 1.44. The fourth-order valence-electron chi connectivity index (χ4n) is 1.59. The van der Waals surface area contributed by atoms with E-state index in [0.717, 1.165) is 5.69 Å². The van der Waals surface area contributed by atoms with Crippen LogP contribution >= 0.6 is 11.6 Å². The number of hydrogen-bond donors (Lipinski definition) is 2. The van der Waals surface area contributed by atoms with Gasteiger partial charge in [-0.1, -0.05) is 11.6 Å². The Morgan fingerprint density at radius 3 is 2.89 bits per heavy atom. The van der Waals surface area contributed by atoms with Crippen molar-refractivity contribution in [2.75, 3.05) is 12.4 Å². The molecule has 0 radical (unpaired) electrons. The molecule has 0 saturated heterocycles. The SMILES string of the molecule is CNc1ncc(C(=O)NCc2ccnn2C)cc1Cl. The minimum absolute atomic E-state index is 0.224. The third-order valence-electron chi connectivity index (χ3n) is 2.69. The van der Waals surface area contributed by atoms with Crippen LogP contribution in [0.15, 0.2) is 24.5 Å². The fraction of sp³-hybridized carbons (Fsp3) is 0.250. The number of anilines is 1. The summed E-state index contributed by atoms with van der Waals surface area (Å²) in [6.45, 7) is 0.404. The molecule has 0 aliphatic carbocycles. The van der Waals surface area contributed by atoms with Gasteiger partial charge in [0.25, 0.3) is 5.91 Å². The molecule has 100 valence electrons. The number of hydrogen-bond acceptors (Lipinski definition) is 4. The molecule has 0 fully saturated rings. The van der Waals surface area contributed by atoms with Crippen LogP contribution in [0.5, 0.6) is 0 Å². The lowest BCUT2D eigenvalue weighted by molar-refractivity contribution is 0.0949. The maximum atomic E-state index is 11.9. The molecule has 1 amide bonds. The second-order valence-electron chi connectivity index (χ2n) is 3.93. The van der Waals surface area contributed by atoms with Crippen LogP contribution in [0.4, 0.5) is 5.82 Å². The number of nitrogens with one attached hydrogen (secondary N) is 2. The van der Waals surface area contributed by atoms with Crippen molar-refractivity contribution in [3.63, 3.8) is 0 Å². The Bertz CT molecular complexity index is 596. The number of halogens is 1. The lowest BCUT2D eigenvalue weighted by Crippen LogP contribution is -2.24. The van der Waals surface area contributed by atoms with Gasteiger partial charge in [0.1, 0.15) is 5.82 Å². The van der Waals surface area contributed by atoms with E-state index in [1.165, 1.54) is 6.20 Å². The molecule has 0 aliphatic heterocycles. The summed E-state index contributed by atoms with van der Waals surface area (Å²) >= 11 is 5.98. The van der Waals surface area contributed by atoms with Crippen LogP contribution in [0.3, 0.4) is 0 Å². The van der Waals surface area contributed by atoms with Crippen LogP contribution in [0.2, 0.25) is 5.02 Å². The van der Waals surface area contributed by atoms with Crippen molar-refractivity contribution >= 4 is 23.3 Å². The Morgan fingerprint density at radius 1 is 1.53 bits per heavy atom. The molecule has 19 heavy (non-hydrogen) atoms. The molecule has 7 heteroatoms. The van der Waals surface area contributed by atoms with Crippen molar-refractivity contribution in [3.05, 3.63) is 40.8 Å². The summed E-state index contributed by atoms with van der Waals surface area (Å²) in [4.78, 5) is 16.0. The summed E-state index contributed by atoms with van der Waals surface area (Å²) in [6, 6.07) is 3.43. The molecule has 2 rings (SSSR count). The molecule has 2 aromatic heterocycles. The molecule has 2 N–H and O–H groups in total. The molecule has 0 spiro atoms. The topological polar surface area (TPSA) is 71.8 Å². The number of carbonyl (C=O) groups excluding carboxylic acids is 1. The maximum Gasteiger partial charge on any atom is 0.253 e. The zero-order chi connectivity index (χ0) is 13.8. The summed E-state index contributed by atoms with van der Waals surface area (Å²) in [5.74, 6) is 0.322. The van der Waals surface area contributed by atoms with Gasteiger partial charge >= 0.3 is 0 Å². The standard InChI is InChI=1S/C12H14ClN5O/c1-14-11-10(13)5-8(6-15-11)12(19)16-7-9-3-4-17-18(9)2/h3-6H,7H2,1-2H3,(H,14,15)(H,16,19). The van der Waals surface area contributed by atoms with E-state index in [-0.39, 0.29) is 5.91 Å². The molecule has 0 unspecified atom stereocenters. The van der Waals surface area contributed by atoms with E-state index in [1.54, 1.807) is 24.0 Å². The summed E-state index contributed by atoms with van der Waals surface area (Å²) in [5.41, 5.74) is 1.34. The van der Waals surface area contributed by atoms with E-state index >= 15 is 0 Å². The van der Waals surface area contributed by atoms with E-state index < -0.39 is 0 Å². The van der Waals surface area contributed by atoms with E-state index in [0.29, 0.717) is 22.9 Å². The molecule has 0 saturated carbocycles. The molecule has 0 atom stereocenters. The number of aryl methyl sites for hydroxylation is 1. The minimum Gasteiger partial charge on any atom is -0.372 e. The van der Waals surface area contributed by atoms with Crippen LogP contribution in [0.25, 0.3) is 0 Å². The third-order valence-corrected chi connectivity index (χ3v) is 2.98. The first-order valence-corrected chi connectivity index (χ1v) is 6.08. The van der Waals surface area contributed by atoms with Crippen molar-refractivity contribution < 1.29 is 4.79 Å². The van der Waals surface area contributed by atoms with Crippen molar-refractivity contribution in [2.45, 2.75) is 6.54 Å². The van der Waals surface area contributed by atoms with Crippen LogP contribution in [0.1, 0.15) is 16.1 Å². The van der Waals surface area contributed by atoms with Crippen LogP contribution in [0, 0.1) is 0 Å². The van der Waals surface area contributed by atoms with Gasteiger partial charge in [-0.25, -0.2) is 4.98 Å². The molecule has 0 aromatic carbocycles. The first-order chi connectivity index (χ1) is 9.11. The lowest BCUT2D eigenvalue weighted by Gasteiger charge is -2.07. The van der Waals surface area contributed by atoms with Gasteiger partial charge in [-0.3, -0.25) is 9.48 Å². The number of pyridine rings is 1. The Hall–Kier alpha value is -2.08. The minimum atomic E-state index is -0.224. The molecule has 0 bridgehead atoms. The predicted molar refractivity (Wildman–Crippen MR) is 73.2 cm³/mol. The third kappa shape index (κ3) is 3.03. The first-order valence-electron chi connectivity index (χ1n) is 5.70. The maximum absolute atomic E-state index is 11.9. The second-order valence-corrected chi connectivity index (χ2v) is 4.34. The van der Waals surface area contributed by atoms with E-state index in [1.807, 2.05) is 13.1 Å². The number of aromatic nitrogens is 3. The molecular formula is C12H14ClN5O. The Labute approximate surface area is 115 Å². The Morgan fingerprint density at radius 2 is 2.32 bits per heavy atom. The van der Waals surface area contributed by atoms with Gasteiger partial charge in [0, 0.05) is 26.5 Å². The molecule has 6 nitrogen and oxygen atoms in total. The number of rotatable bonds is 4. The van der Waals surface area contributed by atoms with Gasteiger partial charge < -0.3 is 10.6 Å². The number of carbonyl (C=O) groups is 1. The van der Waals surface area contributed by atoms with Crippen LogP contribution in [-0.2, 0) is 13.6 Å². The zero-order valence-corrected chi connectivity index (χ0v) is 11.4. The van der Waals surface area contributed by atoms with Gasteiger partial charge in [0.15, 0.2) is 0 Å². The molecule has 2 aromatic rings. The zero-order valence-electron chi connectivity index (χ0n) is 10.6. The summed E-state index contributed by atoms with van der Waals surface area (Å²) in [6.07, 6.45) is 3.16. The van der Waals surface area contributed by atoms with Gasteiger partial charge in [0.2, 0.25) is 0 Å². The summed E-state index contributed by atoms with van der Waals surface area (Å²) < 4.78 is 1.70. The average molecular weight is 280 g/mol. The van der Waals surface area contributed by atoms with Crippen molar-refractivity contribution in [1.29, 1.82) is 0 Å². The highest BCUT2D eigenvalue weighted by molar-refractivity contribution is 6.33. The van der Waals surface area contributed by atoms with Crippen LogP contribution in [-0.4, -0.2) is 27.7 Å². The monoisotopic (exact) mass is 279 g/mol. The second kappa shape index (κ2) is 5.71. The van der Waals surface area contributed by atoms with Gasteiger partial charge in [0.05, 0.1) is 22.8 Å². The highest BCUT2D eigenvalue weighted by Crippen LogP contribution is 2.19. The lowest BCUT2D eigenvalue weighted by atomic mass is 10.2. The quantitative estimate of drug-likeness (QED) is 0.888. The number of nitrogens with zero attached hydrogens (tertiary/aromatic N) is 3. The number of amides is 1. The smallest absolute Gasteiger partial charge is 0.253 e. The van der Waals surface area contributed by atoms with Crippen molar-refractivity contribution in [3.8, 4) is 0 Å². The fourth-order valence-corrected chi connectivity index (χ4v) is 1.85. The summed E-state index contributed by atoms with van der Waals surface area (Å²) in [7, 11) is 3.54. The molecular weight excluding hydrogens is 266 g/mol. The highest BCUT2D eigenvalue weighted by Gasteiger charge is 2.09. The first kappa shape index (κ1) is 13.4. The Balaban J connectivity index is 2.04. The van der Waals surface area contributed by atoms with Gasteiger partial charge in [-0.05, 0) is 12.1 Å². The highest BCUT2D eigenvalue weighted by atomic mass is 35.5. The Kier molecular flexibility index (Phi) is 4.01. The molecule has 2 heterocycles. The van der Waals surface area contributed by atoms with E-state index in [2.05, 4.69) is 20.7 Å². The average Bonchev–Trinajstić information content (AvgIpc) is 2.81. The van der Waals surface area contributed by atoms with Gasteiger partial charge in [-0.2, -0.15) is 5.10 Å². The van der Waals surface area contributed by atoms with E-state index in [4.69, 9.17) is 11.6 Å². The summed E-state index contributed by atoms with van der Waals surface area (Å²) in [5, 5.41) is 10.1. The van der Waals surface area contributed by atoms with Gasteiger partial charge in [-0.15, -0.1) is 0 Å². The molecule has 0 aliphatic rings. The van der Waals surface area contributed by atoms with E-state index in [9.17, 15) is 4.79 Å². The normalized spacial score (nSPS) is 10.3.